The van der Waals surface area contributed by atoms with E-state index in [1.807, 2.05) is 6.92 Å². The van der Waals surface area contributed by atoms with Crippen molar-refractivity contribution in [2.24, 2.45) is 39.7 Å². The second-order valence-corrected chi connectivity index (χ2v) is 9.30. The highest BCUT2D eigenvalue weighted by molar-refractivity contribution is 5.94. The molecule has 0 N–H and O–H groups in total. The maximum Gasteiger partial charge on any atom is 0.139 e. The van der Waals surface area contributed by atoms with Gasteiger partial charge in [-0.2, -0.15) is 0 Å². The lowest BCUT2D eigenvalue weighted by Crippen LogP contribution is -2.56. The first-order valence-electron chi connectivity index (χ1n) is 10.1. The number of fused-ring (bicyclic) bond motifs is 5. The summed E-state index contributed by atoms with van der Waals surface area (Å²) < 4.78 is 0. The lowest BCUT2D eigenvalue weighted by molar-refractivity contribution is -0.136. The van der Waals surface area contributed by atoms with Crippen molar-refractivity contribution in [2.75, 3.05) is 6.61 Å². The van der Waals surface area contributed by atoms with Gasteiger partial charge < -0.3 is 4.84 Å². The molecule has 0 saturated heterocycles. The van der Waals surface area contributed by atoms with E-state index in [0.29, 0.717) is 48.8 Å². The normalized spacial score (nSPS) is 48.0. The molecule has 4 fully saturated rings. The van der Waals surface area contributed by atoms with Gasteiger partial charge in [-0.15, -0.1) is 0 Å². The fourth-order valence-electron chi connectivity index (χ4n) is 6.88. The number of Topliss-reactive ketones (excluding diaryl/α,β-unsaturated/α-hetero) is 2. The number of carbonyl (C=O) groups excluding carboxylic acids is 2. The molecule has 1 unspecified atom stereocenters. The molecule has 4 aliphatic rings. The van der Waals surface area contributed by atoms with Crippen LogP contribution in [0.15, 0.2) is 5.16 Å². The van der Waals surface area contributed by atoms with Crippen molar-refractivity contribution in [3.63, 3.8) is 0 Å². The molecule has 0 heterocycles. The van der Waals surface area contributed by atoms with E-state index in [-0.39, 0.29) is 16.7 Å². The Morgan fingerprint density at radius 1 is 1.08 bits per heavy atom. The van der Waals surface area contributed by atoms with Gasteiger partial charge in [-0.3, -0.25) is 9.59 Å². The molecule has 0 radical (unpaired) electrons. The zero-order chi connectivity index (χ0) is 17.8. The van der Waals surface area contributed by atoms with Gasteiger partial charge >= 0.3 is 0 Å². The summed E-state index contributed by atoms with van der Waals surface area (Å²) in [5.74, 6) is 2.73. The van der Waals surface area contributed by atoms with E-state index < -0.39 is 0 Å². The van der Waals surface area contributed by atoms with Gasteiger partial charge in [0.15, 0.2) is 0 Å². The molecule has 0 aromatic carbocycles. The van der Waals surface area contributed by atoms with Crippen LogP contribution < -0.4 is 0 Å². The summed E-state index contributed by atoms with van der Waals surface area (Å²) >= 11 is 0. The summed E-state index contributed by atoms with van der Waals surface area (Å²) in [5, 5.41) is 4.49. The molecule has 4 saturated carbocycles. The van der Waals surface area contributed by atoms with Crippen LogP contribution in [0.3, 0.4) is 0 Å². The van der Waals surface area contributed by atoms with E-state index in [0.717, 1.165) is 44.2 Å². The Bertz CT molecular complexity index is 627. The average Bonchev–Trinajstić information content (AvgIpc) is 2.89. The molecule has 4 rings (SSSR count). The molecule has 0 amide bonds. The Morgan fingerprint density at radius 3 is 2.64 bits per heavy atom. The smallest absolute Gasteiger partial charge is 0.139 e. The van der Waals surface area contributed by atoms with Crippen LogP contribution in [0, 0.1) is 34.5 Å². The molecule has 0 aromatic heterocycles. The molecule has 25 heavy (non-hydrogen) atoms. The Labute approximate surface area is 150 Å². The molecule has 0 bridgehead atoms. The summed E-state index contributed by atoms with van der Waals surface area (Å²) in [7, 11) is 0. The van der Waals surface area contributed by atoms with Gasteiger partial charge in [0.05, 0.1) is 5.71 Å². The van der Waals surface area contributed by atoms with Crippen LogP contribution in [0.1, 0.15) is 72.1 Å². The zero-order valence-electron chi connectivity index (χ0n) is 15.8. The molecule has 4 nitrogen and oxygen atoms in total. The summed E-state index contributed by atoms with van der Waals surface area (Å²) in [4.78, 5) is 30.2. The van der Waals surface area contributed by atoms with Gasteiger partial charge in [0.1, 0.15) is 18.2 Å². The molecule has 0 aliphatic heterocycles. The number of oxime groups is 1. The van der Waals surface area contributed by atoms with E-state index >= 15 is 0 Å². The Morgan fingerprint density at radius 2 is 1.88 bits per heavy atom. The minimum atomic E-state index is -0.119. The van der Waals surface area contributed by atoms with Gasteiger partial charge in [-0.1, -0.05) is 19.0 Å². The first-order chi connectivity index (χ1) is 11.9. The fourth-order valence-corrected chi connectivity index (χ4v) is 6.88. The zero-order valence-corrected chi connectivity index (χ0v) is 15.8. The van der Waals surface area contributed by atoms with Gasteiger partial charge in [0.25, 0.3) is 0 Å². The Hall–Kier alpha value is -1.19. The van der Waals surface area contributed by atoms with E-state index in [2.05, 4.69) is 19.0 Å². The topological polar surface area (TPSA) is 55.7 Å². The van der Waals surface area contributed by atoms with Crippen LogP contribution >= 0.6 is 0 Å². The quantitative estimate of drug-likeness (QED) is 0.706. The Kier molecular flexibility index (Phi) is 4.08. The van der Waals surface area contributed by atoms with Crippen molar-refractivity contribution in [3.05, 3.63) is 0 Å². The third kappa shape index (κ3) is 2.43. The number of carbonyl (C=O) groups is 2. The van der Waals surface area contributed by atoms with Crippen molar-refractivity contribution in [2.45, 2.75) is 72.1 Å². The van der Waals surface area contributed by atoms with E-state index in [1.54, 1.807) is 0 Å². The maximum absolute atomic E-state index is 12.6. The standard InChI is InChI=1S/C21H31NO3/c1-4-25-22-18-12-14-15-5-6-19(24)21(15,3)10-8-16(14)20(2)9-7-13(23)11-17(18)20/h14-17H,4-12H2,1-3H3/b22-18-/t14-,15-,16-,17?,20+,21-/m0/s1. The van der Waals surface area contributed by atoms with Gasteiger partial charge in [0, 0.05) is 30.6 Å². The van der Waals surface area contributed by atoms with Crippen molar-refractivity contribution >= 4 is 17.3 Å². The molecule has 0 spiro atoms. The SMILES string of the molecule is CCO/N=C1/C[C@@H]2[C@H](CC[C@]3(C)C(=O)CC[C@@H]23)[C@@]2(C)CCC(=O)CC12. The predicted octanol–water partition coefficient (Wildman–Crippen LogP) is 4.17. The second-order valence-electron chi connectivity index (χ2n) is 9.30. The molecule has 4 heteroatoms. The first kappa shape index (κ1) is 17.2. The highest BCUT2D eigenvalue weighted by Crippen LogP contribution is 2.64. The van der Waals surface area contributed by atoms with Gasteiger partial charge in [0.2, 0.25) is 0 Å². The van der Waals surface area contributed by atoms with Crippen LogP contribution in [-0.2, 0) is 14.4 Å². The lowest BCUT2D eigenvalue weighted by Gasteiger charge is -2.59. The van der Waals surface area contributed by atoms with E-state index in [1.165, 1.54) is 0 Å². The van der Waals surface area contributed by atoms with Crippen LogP contribution in [0.4, 0.5) is 0 Å². The van der Waals surface area contributed by atoms with Crippen molar-refractivity contribution < 1.29 is 14.4 Å². The minimum Gasteiger partial charge on any atom is -0.396 e. The third-order valence-electron chi connectivity index (χ3n) is 8.32. The second kappa shape index (κ2) is 5.92. The van der Waals surface area contributed by atoms with Crippen molar-refractivity contribution in [3.8, 4) is 0 Å². The summed E-state index contributed by atoms with van der Waals surface area (Å²) in [6.45, 7) is 7.12. The average molecular weight is 345 g/mol. The van der Waals surface area contributed by atoms with Crippen LogP contribution in [-0.4, -0.2) is 23.9 Å². The summed E-state index contributed by atoms with van der Waals surface area (Å²) in [5.41, 5.74) is 1.12. The highest BCUT2D eigenvalue weighted by Gasteiger charge is 2.61. The number of rotatable bonds is 2. The van der Waals surface area contributed by atoms with Crippen LogP contribution in [0.2, 0.25) is 0 Å². The minimum absolute atomic E-state index is 0.119. The molecule has 4 aliphatic carbocycles. The first-order valence-corrected chi connectivity index (χ1v) is 10.1. The number of hydrogen-bond acceptors (Lipinski definition) is 4. The summed E-state index contributed by atoms with van der Waals surface area (Å²) in [6.07, 6.45) is 7.19. The lowest BCUT2D eigenvalue weighted by atomic mass is 9.45. The van der Waals surface area contributed by atoms with Crippen LogP contribution in [0.5, 0.6) is 0 Å². The van der Waals surface area contributed by atoms with Gasteiger partial charge in [-0.05, 0) is 62.2 Å². The maximum atomic E-state index is 12.6. The molecular weight excluding hydrogens is 314 g/mol. The molecule has 6 atom stereocenters. The predicted molar refractivity (Wildman–Crippen MR) is 96.2 cm³/mol. The summed E-state index contributed by atoms with van der Waals surface area (Å²) in [6, 6.07) is 0. The van der Waals surface area contributed by atoms with E-state index in [9.17, 15) is 9.59 Å². The number of nitrogens with zero attached hydrogens (tertiary/aromatic N) is 1. The largest absolute Gasteiger partial charge is 0.396 e. The third-order valence-corrected chi connectivity index (χ3v) is 8.32. The molecular formula is C21H31NO3. The number of hydrogen-bond donors (Lipinski definition) is 0. The van der Waals surface area contributed by atoms with Crippen LogP contribution in [0.25, 0.3) is 0 Å². The fraction of sp³-hybridized carbons (Fsp3) is 0.857. The van der Waals surface area contributed by atoms with Gasteiger partial charge in [-0.25, -0.2) is 0 Å². The van der Waals surface area contributed by atoms with Crippen molar-refractivity contribution in [1.82, 2.24) is 0 Å². The Balaban J connectivity index is 1.72. The monoisotopic (exact) mass is 345 g/mol. The van der Waals surface area contributed by atoms with E-state index in [4.69, 9.17) is 4.84 Å². The highest BCUT2D eigenvalue weighted by atomic mass is 16.6. The van der Waals surface area contributed by atoms with Crippen molar-refractivity contribution in [1.29, 1.82) is 0 Å². The molecule has 0 aromatic rings. The number of ketones is 2. The molecule has 138 valence electrons.